The number of Topliss-reactive ketones (excluding diaryl/α,β-unsaturated/α-hetero) is 1. The Hall–Kier alpha value is -1.98. The SMILES string of the molecule is O=C(c1ccccn1)C1C=CC=C(C(F)(F)F)C1F. The second-order valence-electron chi connectivity index (χ2n) is 4.01. The molecule has 1 aromatic rings. The molecule has 0 fully saturated rings. The molecule has 2 atom stereocenters. The molecule has 0 saturated heterocycles. The van der Waals surface area contributed by atoms with E-state index in [1.165, 1.54) is 18.3 Å². The second kappa shape index (κ2) is 4.95. The summed E-state index contributed by atoms with van der Waals surface area (Å²) in [7, 11) is 0. The van der Waals surface area contributed by atoms with Crippen molar-refractivity contribution >= 4 is 5.78 Å². The van der Waals surface area contributed by atoms with Gasteiger partial charge in [0.2, 0.25) is 0 Å². The predicted molar refractivity (Wildman–Crippen MR) is 60.2 cm³/mol. The molecule has 1 heterocycles. The highest BCUT2D eigenvalue weighted by Crippen LogP contribution is 2.36. The first-order valence-electron chi connectivity index (χ1n) is 5.46. The third-order valence-electron chi connectivity index (χ3n) is 2.75. The third kappa shape index (κ3) is 2.72. The maximum Gasteiger partial charge on any atom is 0.415 e. The van der Waals surface area contributed by atoms with Gasteiger partial charge in [0.15, 0.2) is 5.78 Å². The van der Waals surface area contributed by atoms with E-state index in [2.05, 4.69) is 4.98 Å². The van der Waals surface area contributed by atoms with Gasteiger partial charge in [0.05, 0.1) is 11.5 Å². The van der Waals surface area contributed by atoms with Gasteiger partial charge in [0.1, 0.15) is 11.9 Å². The number of nitrogens with zero attached hydrogens (tertiary/aromatic N) is 1. The molecule has 0 aromatic carbocycles. The molecule has 19 heavy (non-hydrogen) atoms. The Kier molecular flexibility index (Phi) is 3.50. The van der Waals surface area contributed by atoms with Crippen LogP contribution in [-0.4, -0.2) is 23.1 Å². The maximum atomic E-state index is 13.9. The minimum absolute atomic E-state index is 0.0526. The number of alkyl halides is 4. The highest BCUT2D eigenvalue weighted by Gasteiger charge is 2.44. The minimum atomic E-state index is -4.78. The summed E-state index contributed by atoms with van der Waals surface area (Å²) in [5.41, 5.74) is -1.40. The van der Waals surface area contributed by atoms with Crippen molar-refractivity contribution in [1.29, 1.82) is 0 Å². The molecule has 0 saturated carbocycles. The van der Waals surface area contributed by atoms with E-state index in [1.54, 1.807) is 6.07 Å². The van der Waals surface area contributed by atoms with Gasteiger partial charge in [-0.1, -0.05) is 24.3 Å². The van der Waals surface area contributed by atoms with Crippen LogP contribution in [0.15, 0.2) is 48.2 Å². The number of allylic oxidation sites excluding steroid dienone is 4. The average molecular weight is 271 g/mol. The van der Waals surface area contributed by atoms with E-state index >= 15 is 0 Å². The summed E-state index contributed by atoms with van der Waals surface area (Å²) in [6.45, 7) is 0. The fourth-order valence-corrected chi connectivity index (χ4v) is 1.81. The van der Waals surface area contributed by atoms with Crippen molar-refractivity contribution in [3.8, 4) is 0 Å². The van der Waals surface area contributed by atoms with Crippen LogP contribution in [0.4, 0.5) is 17.6 Å². The zero-order valence-electron chi connectivity index (χ0n) is 9.56. The lowest BCUT2D eigenvalue weighted by Gasteiger charge is -2.23. The second-order valence-corrected chi connectivity index (χ2v) is 4.01. The van der Waals surface area contributed by atoms with Gasteiger partial charge in [-0.2, -0.15) is 13.2 Å². The van der Waals surface area contributed by atoms with E-state index in [4.69, 9.17) is 0 Å². The number of pyridine rings is 1. The zero-order valence-corrected chi connectivity index (χ0v) is 9.56. The van der Waals surface area contributed by atoms with Crippen molar-refractivity contribution in [2.24, 2.45) is 5.92 Å². The lowest BCUT2D eigenvalue weighted by atomic mass is 9.87. The Morgan fingerprint density at radius 3 is 2.58 bits per heavy atom. The van der Waals surface area contributed by atoms with Gasteiger partial charge in [0, 0.05) is 6.20 Å². The van der Waals surface area contributed by atoms with Gasteiger partial charge in [-0.3, -0.25) is 9.78 Å². The number of carbonyl (C=O) groups excluding carboxylic acids is 1. The first-order chi connectivity index (χ1) is 8.91. The lowest BCUT2D eigenvalue weighted by molar-refractivity contribution is -0.102. The van der Waals surface area contributed by atoms with Crippen molar-refractivity contribution in [1.82, 2.24) is 4.98 Å². The number of rotatable bonds is 2. The number of hydrogen-bond acceptors (Lipinski definition) is 2. The fraction of sp³-hybridized carbons (Fsp3) is 0.231. The molecule has 100 valence electrons. The molecule has 0 radical (unpaired) electrons. The van der Waals surface area contributed by atoms with Crippen LogP contribution < -0.4 is 0 Å². The number of aromatic nitrogens is 1. The molecule has 0 amide bonds. The molecule has 0 spiro atoms. The Bertz CT molecular complexity index is 533. The molecule has 2 unspecified atom stereocenters. The molecule has 2 nitrogen and oxygen atoms in total. The van der Waals surface area contributed by atoms with Gasteiger partial charge in [-0.25, -0.2) is 4.39 Å². The van der Waals surface area contributed by atoms with E-state index in [9.17, 15) is 22.4 Å². The van der Waals surface area contributed by atoms with Crippen molar-refractivity contribution in [3.63, 3.8) is 0 Å². The Morgan fingerprint density at radius 1 is 1.26 bits per heavy atom. The van der Waals surface area contributed by atoms with Crippen LogP contribution in [0.25, 0.3) is 0 Å². The van der Waals surface area contributed by atoms with Crippen LogP contribution in [0.2, 0.25) is 0 Å². The molecule has 0 N–H and O–H groups in total. The van der Waals surface area contributed by atoms with Gasteiger partial charge in [0.25, 0.3) is 0 Å². The summed E-state index contributed by atoms with van der Waals surface area (Å²) in [4.78, 5) is 15.7. The monoisotopic (exact) mass is 271 g/mol. The van der Waals surface area contributed by atoms with Crippen LogP contribution in [0.1, 0.15) is 10.5 Å². The van der Waals surface area contributed by atoms with Crippen LogP contribution in [0, 0.1) is 5.92 Å². The smallest absolute Gasteiger partial charge is 0.292 e. The van der Waals surface area contributed by atoms with Crippen molar-refractivity contribution in [2.75, 3.05) is 0 Å². The first kappa shape index (κ1) is 13.5. The molecule has 1 aliphatic carbocycles. The topological polar surface area (TPSA) is 30.0 Å². The normalized spacial score (nSPS) is 23.1. The molecular formula is C13H9F4NO. The molecule has 1 aromatic heterocycles. The number of halogens is 4. The van der Waals surface area contributed by atoms with Gasteiger partial charge >= 0.3 is 6.18 Å². The summed E-state index contributed by atoms with van der Waals surface area (Å²) in [5.74, 6) is -2.25. The van der Waals surface area contributed by atoms with E-state index in [-0.39, 0.29) is 5.69 Å². The molecule has 0 aliphatic heterocycles. The van der Waals surface area contributed by atoms with Gasteiger partial charge in [-0.15, -0.1) is 0 Å². The van der Waals surface area contributed by atoms with Crippen molar-refractivity contribution in [2.45, 2.75) is 12.3 Å². The highest BCUT2D eigenvalue weighted by atomic mass is 19.4. The molecule has 2 rings (SSSR count). The van der Waals surface area contributed by atoms with Crippen molar-refractivity contribution in [3.05, 3.63) is 53.9 Å². The Labute approximate surface area is 106 Å². The third-order valence-corrected chi connectivity index (χ3v) is 2.75. The Morgan fingerprint density at radius 2 is 2.00 bits per heavy atom. The summed E-state index contributed by atoms with van der Waals surface area (Å²) in [5, 5.41) is 0. The maximum absolute atomic E-state index is 13.9. The minimum Gasteiger partial charge on any atom is -0.292 e. The number of hydrogen-bond donors (Lipinski definition) is 0. The zero-order chi connectivity index (χ0) is 14.0. The van der Waals surface area contributed by atoms with Crippen molar-refractivity contribution < 1.29 is 22.4 Å². The standard InChI is InChI=1S/C13H9F4NO/c14-11-8(4-3-5-9(11)13(15,16)17)12(19)10-6-1-2-7-18-10/h1-8,11H. The fourth-order valence-electron chi connectivity index (χ4n) is 1.81. The highest BCUT2D eigenvalue weighted by molar-refractivity contribution is 5.98. The van der Waals surface area contributed by atoms with E-state index < -0.39 is 29.6 Å². The molecule has 6 heteroatoms. The quantitative estimate of drug-likeness (QED) is 0.610. The summed E-state index contributed by atoms with van der Waals surface area (Å²) in [6.07, 6.45) is -3.05. The molecular weight excluding hydrogens is 262 g/mol. The van der Waals surface area contributed by atoms with E-state index in [0.717, 1.165) is 12.2 Å². The van der Waals surface area contributed by atoms with E-state index in [0.29, 0.717) is 6.08 Å². The number of ketones is 1. The van der Waals surface area contributed by atoms with Crippen LogP contribution >= 0.6 is 0 Å². The summed E-state index contributed by atoms with van der Waals surface area (Å²) < 4.78 is 51.5. The largest absolute Gasteiger partial charge is 0.415 e. The first-order valence-corrected chi connectivity index (χ1v) is 5.46. The lowest BCUT2D eigenvalue weighted by Crippen LogP contribution is -2.33. The summed E-state index contributed by atoms with van der Waals surface area (Å²) >= 11 is 0. The molecule has 0 bridgehead atoms. The van der Waals surface area contributed by atoms with Gasteiger partial charge < -0.3 is 0 Å². The predicted octanol–water partition coefficient (Wildman–Crippen LogP) is 3.28. The number of carbonyl (C=O) groups is 1. The average Bonchev–Trinajstić information content (AvgIpc) is 2.38. The van der Waals surface area contributed by atoms with Gasteiger partial charge in [-0.05, 0) is 12.1 Å². The molecule has 1 aliphatic rings. The Balaban J connectivity index is 2.27. The van der Waals surface area contributed by atoms with Crippen LogP contribution in [0.3, 0.4) is 0 Å². The van der Waals surface area contributed by atoms with Crippen LogP contribution in [0.5, 0.6) is 0 Å². The summed E-state index contributed by atoms with van der Waals surface area (Å²) in [6, 6.07) is 4.41. The van der Waals surface area contributed by atoms with E-state index in [1.807, 2.05) is 0 Å². The van der Waals surface area contributed by atoms with Crippen LogP contribution in [-0.2, 0) is 0 Å².